The Morgan fingerprint density at radius 1 is 0.797 bits per heavy atom. The topological polar surface area (TPSA) is 199 Å². The predicted octanol–water partition coefficient (Wildman–Crippen LogP) is 4.54. The van der Waals surface area contributed by atoms with Crippen LogP contribution in [0.1, 0.15) is 109 Å². The average Bonchev–Trinajstić information content (AvgIpc) is 3.19. The van der Waals surface area contributed by atoms with Crippen molar-refractivity contribution in [2.75, 3.05) is 53.6 Å². The van der Waals surface area contributed by atoms with Gasteiger partial charge in [-0.2, -0.15) is 0 Å². The highest BCUT2D eigenvalue weighted by Crippen LogP contribution is 2.60. The fourth-order valence-corrected chi connectivity index (χ4v) is 9.99. The number of amides is 3. The van der Waals surface area contributed by atoms with Gasteiger partial charge in [0, 0.05) is 59.1 Å². The number of halogens is 1. The normalized spacial score (nSPS) is 24.4. The molecule has 7 atom stereocenters. The molecule has 0 aromatic heterocycles. The quantitative estimate of drug-likeness (QED) is 0.0720. The Kier molecular flexibility index (Phi) is 20.9. The lowest BCUT2D eigenvalue weighted by Gasteiger charge is -2.57. The summed E-state index contributed by atoms with van der Waals surface area (Å²) >= 11 is 0. The van der Waals surface area contributed by atoms with Crippen LogP contribution in [0.4, 0.5) is 0 Å². The number of hydrogen-bond acceptors (Lipinski definition) is 10. The Hall–Kier alpha value is -2.52. The van der Waals surface area contributed by atoms with Crippen molar-refractivity contribution in [2.24, 2.45) is 58.3 Å². The summed E-state index contributed by atoms with van der Waals surface area (Å²) in [4.78, 5) is 42.5. The lowest BCUT2D eigenvalue weighted by molar-refractivity contribution is -0.160. The SMILES string of the molecule is COCCCCOc1ccccc1C(=O)NC[C@@H](C[C@H](N)[C@@H](O)CN(C[C@@H](C[C@H](N)[C@@H](O)CNC(=O)C(C)OC)C(C)C)C(=O)C12CC3CC(CC(C3)C1)C2)C(C)C.Cl. The van der Waals surface area contributed by atoms with Gasteiger partial charge in [-0.1, -0.05) is 39.8 Å². The van der Waals surface area contributed by atoms with E-state index in [2.05, 4.69) is 38.3 Å². The van der Waals surface area contributed by atoms with Crippen molar-refractivity contribution in [1.29, 1.82) is 0 Å². The van der Waals surface area contributed by atoms with Gasteiger partial charge in [-0.15, -0.1) is 12.4 Å². The van der Waals surface area contributed by atoms with Crippen LogP contribution in [0.3, 0.4) is 0 Å². The number of aliphatic hydroxyl groups excluding tert-OH is 2. The minimum absolute atomic E-state index is 0. The van der Waals surface area contributed by atoms with Gasteiger partial charge in [0.15, 0.2) is 0 Å². The molecule has 0 radical (unpaired) electrons. The van der Waals surface area contributed by atoms with Crippen LogP contribution in [0.2, 0.25) is 0 Å². The predicted molar refractivity (Wildman–Crippen MR) is 233 cm³/mol. The van der Waals surface area contributed by atoms with Crippen LogP contribution >= 0.6 is 12.4 Å². The number of benzene rings is 1. The monoisotopic (exact) mass is 852 g/mol. The number of ether oxygens (including phenoxy) is 3. The van der Waals surface area contributed by atoms with Crippen LogP contribution < -0.4 is 26.8 Å². The maximum absolute atomic E-state index is 15.0. The van der Waals surface area contributed by atoms with Gasteiger partial charge in [0.05, 0.1) is 29.8 Å². The first kappa shape index (κ1) is 50.8. The number of para-hydroxylation sites is 1. The molecule has 4 saturated carbocycles. The van der Waals surface area contributed by atoms with Crippen molar-refractivity contribution in [3.8, 4) is 5.75 Å². The van der Waals surface area contributed by atoms with E-state index in [-0.39, 0.29) is 66.9 Å². The summed E-state index contributed by atoms with van der Waals surface area (Å²) in [6, 6.07) is 5.95. The van der Waals surface area contributed by atoms with Crippen molar-refractivity contribution in [3.05, 3.63) is 29.8 Å². The van der Waals surface area contributed by atoms with Crippen LogP contribution in [0.5, 0.6) is 5.75 Å². The number of aliphatic hydroxyl groups is 2. The summed E-state index contributed by atoms with van der Waals surface area (Å²) in [5.41, 5.74) is 13.4. The summed E-state index contributed by atoms with van der Waals surface area (Å²) in [6.45, 7) is 12.0. The Morgan fingerprint density at radius 3 is 1.93 bits per heavy atom. The fraction of sp³-hybridized carbons (Fsp3) is 0.800. The van der Waals surface area contributed by atoms with Crippen molar-refractivity contribution in [3.63, 3.8) is 0 Å². The summed E-state index contributed by atoms with van der Waals surface area (Å²) in [6.07, 6.45) is 6.27. The molecule has 0 heterocycles. The number of hydrogen-bond donors (Lipinski definition) is 6. The molecule has 59 heavy (non-hydrogen) atoms. The molecular weight excluding hydrogens is 774 g/mol. The Labute approximate surface area is 360 Å². The maximum atomic E-state index is 15.0. The first-order valence-corrected chi connectivity index (χ1v) is 22.0. The molecule has 5 rings (SSSR count). The second-order valence-electron chi connectivity index (χ2n) is 18.7. The van der Waals surface area contributed by atoms with Gasteiger partial charge < -0.3 is 51.4 Å². The van der Waals surface area contributed by atoms with Gasteiger partial charge in [-0.25, -0.2) is 0 Å². The molecule has 8 N–H and O–H groups in total. The molecule has 0 spiro atoms. The maximum Gasteiger partial charge on any atom is 0.255 e. The standard InChI is InChI=1S/C45H77N5O8.ClH/c1-28(2)34(24-48-43(54)36-12-8-9-13-41(36)58-15-11-10-14-56-6)19-38(47)40(52)27-50(44(55)45-21-31-16-32(22-45)18-33(17-31)23-45)26-35(29(3)4)20-37(46)39(51)25-49-42(53)30(5)57-7;/h8-9,12-13,28-35,37-40,51-52H,10-11,14-27,46-47H2,1-7H3,(H,48,54)(H,49,53);1H/t30?,31?,32?,33?,34-,35-,37+,38+,39+,40+,45?;/m1./s1. The third kappa shape index (κ3) is 14.5. The van der Waals surface area contributed by atoms with Gasteiger partial charge in [-0.05, 0) is 125 Å². The highest BCUT2D eigenvalue weighted by Gasteiger charge is 2.56. The van der Waals surface area contributed by atoms with Crippen molar-refractivity contribution >= 4 is 30.1 Å². The number of rotatable bonds is 26. The van der Waals surface area contributed by atoms with Crippen LogP contribution in [-0.4, -0.2) is 117 Å². The van der Waals surface area contributed by atoms with E-state index in [4.69, 9.17) is 25.7 Å². The smallest absolute Gasteiger partial charge is 0.255 e. The number of unbranched alkanes of at least 4 members (excludes halogenated alkanes) is 1. The zero-order valence-corrected chi connectivity index (χ0v) is 37.7. The molecule has 0 saturated heterocycles. The Balaban J connectivity index is 0.00000930. The van der Waals surface area contributed by atoms with E-state index >= 15 is 0 Å². The lowest BCUT2D eigenvalue weighted by atomic mass is 9.49. The molecule has 4 fully saturated rings. The molecule has 3 amide bonds. The zero-order chi connectivity index (χ0) is 42.6. The number of nitrogens with zero attached hydrogens (tertiary/aromatic N) is 1. The number of nitrogens with two attached hydrogens (primary N) is 2. The van der Waals surface area contributed by atoms with E-state index in [9.17, 15) is 24.6 Å². The van der Waals surface area contributed by atoms with Crippen LogP contribution in [-0.2, 0) is 19.1 Å². The highest BCUT2D eigenvalue weighted by molar-refractivity contribution is 5.96. The number of carbonyl (C=O) groups is 3. The summed E-state index contributed by atoms with van der Waals surface area (Å²) < 4.78 is 16.2. The molecule has 338 valence electrons. The van der Waals surface area contributed by atoms with Crippen molar-refractivity contribution < 1.29 is 38.8 Å². The minimum atomic E-state index is -0.993. The third-order valence-electron chi connectivity index (χ3n) is 13.5. The van der Waals surface area contributed by atoms with E-state index in [0.717, 1.165) is 32.1 Å². The largest absolute Gasteiger partial charge is 0.493 e. The lowest BCUT2D eigenvalue weighted by Crippen LogP contribution is -2.58. The van der Waals surface area contributed by atoms with Crippen molar-refractivity contribution in [2.45, 2.75) is 129 Å². The molecule has 14 heteroatoms. The third-order valence-corrected chi connectivity index (χ3v) is 13.5. The summed E-state index contributed by atoms with van der Waals surface area (Å²) in [5.74, 6) is 2.01. The first-order chi connectivity index (χ1) is 27.6. The van der Waals surface area contributed by atoms with Gasteiger partial charge in [-0.3, -0.25) is 14.4 Å². The summed E-state index contributed by atoms with van der Waals surface area (Å²) in [5, 5.41) is 28.6. The van der Waals surface area contributed by atoms with Gasteiger partial charge in [0.1, 0.15) is 11.9 Å². The average molecular weight is 853 g/mol. The second kappa shape index (κ2) is 24.2. The molecule has 13 nitrogen and oxygen atoms in total. The molecule has 1 unspecified atom stereocenters. The van der Waals surface area contributed by atoms with E-state index in [1.165, 1.54) is 26.4 Å². The van der Waals surface area contributed by atoms with Crippen molar-refractivity contribution in [1.82, 2.24) is 15.5 Å². The first-order valence-electron chi connectivity index (χ1n) is 22.0. The van der Waals surface area contributed by atoms with E-state index in [1.807, 2.05) is 17.0 Å². The van der Waals surface area contributed by atoms with Gasteiger partial charge in [0.25, 0.3) is 5.91 Å². The van der Waals surface area contributed by atoms with Gasteiger partial charge >= 0.3 is 0 Å². The van der Waals surface area contributed by atoms with Crippen LogP contribution in [0, 0.1) is 46.8 Å². The molecular formula is C45H78ClN5O8. The summed E-state index contributed by atoms with van der Waals surface area (Å²) in [7, 11) is 3.12. The van der Waals surface area contributed by atoms with Crippen LogP contribution in [0.25, 0.3) is 0 Å². The van der Waals surface area contributed by atoms with E-state index < -0.39 is 35.8 Å². The second-order valence-corrected chi connectivity index (χ2v) is 18.7. The number of carbonyl (C=O) groups excluding carboxylic acids is 3. The Bertz CT molecular complexity index is 1420. The minimum Gasteiger partial charge on any atom is -0.493 e. The van der Waals surface area contributed by atoms with E-state index in [0.29, 0.717) is 68.2 Å². The number of methoxy groups -OCH3 is 2. The van der Waals surface area contributed by atoms with Crippen LogP contribution in [0.15, 0.2) is 24.3 Å². The molecule has 4 aliphatic carbocycles. The van der Waals surface area contributed by atoms with E-state index in [1.54, 1.807) is 26.2 Å². The fourth-order valence-electron chi connectivity index (χ4n) is 9.99. The molecule has 4 aliphatic rings. The highest BCUT2D eigenvalue weighted by atomic mass is 35.5. The number of nitrogens with one attached hydrogen (secondary N) is 2. The molecule has 4 bridgehead atoms. The molecule has 1 aromatic carbocycles. The Morgan fingerprint density at radius 2 is 1.36 bits per heavy atom. The molecule has 1 aromatic rings. The molecule has 0 aliphatic heterocycles. The van der Waals surface area contributed by atoms with Gasteiger partial charge in [0.2, 0.25) is 11.8 Å². The zero-order valence-electron chi connectivity index (χ0n) is 36.9.